The second kappa shape index (κ2) is 16.4. The van der Waals surface area contributed by atoms with Crippen molar-refractivity contribution in [2.45, 2.75) is 81.7 Å². The Labute approximate surface area is 289 Å². The van der Waals surface area contributed by atoms with Crippen LogP contribution in [-0.4, -0.2) is 88.7 Å². The van der Waals surface area contributed by atoms with E-state index in [0.717, 1.165) is 24.0 Å². The Bertz CT molecular complexity index is 1480. The van der Waals surface area contributed by atoms with Crippen molar-refractivity contribution in [1.29, 1.82) is 0 Å². The van der Waals surface area contributed by atoms with Crippen LogP contribution in [0.5, 0.6) is 0 Å². The van der Waals surface area contributed by atoms with Gasteiger partial charge >= 0.3 is 5.97 Å². The molecule has 2 aromatic rings. The Morgan fingerprint density at radius 1 is 1.12 bits per heavy atom. The number of likely N-dealkylation sites (tertiary alicyclic amines) is 1. The van der Waals surface area contributed by atoms with E-state index in [1.165, 1.54) is 4.90 Å². The number of carbonyl (C=O) groups excluding carboxylic acids is 4. The molecule has 2 bridgehead atoms. The molecule has 3 fully saturated rings. The fraction of sp³-hybridized carbons (Fsp3) is 0.487. The van der Waals surface area contributed by atoms with Crippen LogP contribution in [0, 0.1) is 11.8 Å². The number of benzene rings is 2. The lowest BCUT2D eigenvalue weighted by atomic mass is 9.70. The molecule has 0 aromatic heterocycles. The summed E-state index contributed by atoms with van der Waals surface area (Å²) in [5, 5.41) is 13.8. The maximum Gasteiger partial charge on any atom is 0.306 e. The van der Waals surface area contributed by atoms with E-state index in [2.05, 4.69) is 18.5 Å². The number of hydrogen-bond donors (Lipinski definition) is 2. The topological polar surface area (TPSA) is 125 Å². The van der Waals surface area contributed by atoms with Crippen molar-refractivity contribution < 1.29 is 33.8 Å². The van der Waals surface area contributed by atoms with Gasteiger partial charge in [0.15, 0.2) is 0 Å². The standard InChI is InChI=1S/C39H49N3O7/c1-4-7-19-32(44)48-26-30(28-17-13-10-14-18-28)40-36(45)33-31-20-21-39(49-31)34(33)37(46)42(29(25-43)24-27-15-11-9-12-16-27)35(39)38(47)41(22-6-3)23-8-5-2/h4,6,9-18,29-31,33-35,43H,1,3,5,7-8,19-26H2,2H3,(H,40,45)/t29-,30-,31+,33-,34-,35+,39-/m1/s1. The Hall–Kier alpha value is -4.28. The second-order valence-corrected chi connectivity index (χ2v) is 13.2. The molecule has 0 unspecified atom stereocenters. The predicted octanol–water partition coefficient (Wildman–Crippen LogP) is 4.15. The number of unbranched alkanes of at least 4 members (excludes halogenated alkanes) is 1. The van der Waals surface area contributed by atoms with E-state index in [1.54, 1.807) is 17.1 Å². The maximum absolute atomic E-state index is 14.7. The fourth-order valence-corrected chi connectivity index (χ4v) is 7.81. The summed E-state index contributed by atoms with van der Waals surface area (Å²) in [5.74, 6) is -3.22. The van der Waals surface area contributed by atoms with Gasteiger partial charge in [-0.15, -0.1) is 13.2 Å². The fourth-order valence-electron chi connectivity index (χ4n) is 7.81. The van der Waals surface area contributed by atoms with Crippen LogP contribution in [0.4, 0.5) is 0 Å². The third-order valence-electron chi connectivity index (χ3n) is 10.1. The molecule has 2 N–H and O–H groups in total. The monoisotopic (exact) mass is 671 g/mol. The highest BCUT2D eigenvalue weighted by Crippen LogP contribution is 2.59. The molecular formula is C39H49N3O7. The first kappa shape index (κ1) is 36.0. The lowest BCUT2D eigenvalue weighted by molar-refractivity contribution is -0.151. The molecule has 49 heavy (non-hydrogen) atoms. The van der Waals surface area contributed by atoms with Gasteiger partial charge in [-0.2, -0.15) is 0 Å². The van der Waals surface area contributed by atoms with E-state index in [9.17, 15) is 24.3 Å². The second-order valence-electron chi connectivity index (χ2n) is 13.2. The number of nitrogens with zero attached hydrogens (tertiary/aromatic N) is 2. The van der Waals surface area contributed by atoms with Crippen LogP contribution >= 0.6 is 0 Å². The minimum Gasteiger partial charge on any atom is -0.463 e. The van der Waals surface area contributed by atoms with Gasteiger partial charge in [0.05, 0.1) is 36.6 Å². The van der Waals surface area contributed by atoms with Gasteiger partial charge in [0.25, 0.3) is 0 Å². The van der Waals surface area contributed by atoms with Crippen LogP contribution in [0.25, 0.3) is 0 Å². The van der Waals surface area contributed by atoms with E-state index in [4.69, 9.17) is 9.47 Å². The molecule has 7 atom stereocenters. The zero-order chi connectivity index (χ0) is 35.0. The molecule has 1 spiro atoms. The van der Waals surface area contributed by atoms with Gasteiger partial charge in [0, 0.05) is 19.5 Å². The number of allylic oxidation sites excluding steroid dienone is 1. The molecule has 262 valence electrons. The third kappa shape index (κ3) is 7.50. The number of rotatable bonds is 18. The first-order valence-corrected chi connectivity index (χ1v) is 17.5. The van der Waals surface area contributed by atoms with Crippen LogP contribution in [0.3, 0.4) is 0 Å². The predicted molar refractivity (Wildman–Crippen MR) is 185 cm³/mol. The van der Waals surface area contributed by atoms with Crippen molar-refractivity contribution in [3.05, 3.63) is 97.1 Å². The molecule has 3 aliphatic rings. The summed E-state index contributed by atoms with van der Waals surface area (Å²) in [6.45, 7) is 9.91. The summed E-state index contributed by atoms with van der Waals surface area (Å²) in [4.78, 5) is 59.3. The van der Waals surface area contributed by atoms with Gasteiger partial charge in [-0.3, -0.25) is 19.2 Å². The number of amides is 3. The lowest BCUT2D eigenvalue weighted by Crippen LogP contribution is -2.59. The molecule has 3 aliphatic heterocycles. The maximum atomic E-state index is 14.7. The molecule has 3 amide bonds. The number of fused-ring (bicyclic) bond motifs is 1. The number of carbonyl (C=O) groups is 4. The number of aliphatic hydroxyl groups is 1. The van der Waals surface area contributed by atoms with E-state index in [-0.39, 0.29) is 31.4 Å². The van der Waals surface area contributed by atoms with Gasteiger partial charge in [-0.25, -0.2) is 0 Å². The Morgan fingerprint density at radius 2 is 1.84 bits per heavy atom. The first-order chi connectivity index (χ1) is 23.8. The average molecular weight is 672 g/mol. The highest BCUT2D eigenvalue weighted by Gasteiger charge is 2.75. The minimum absolute atomic E-state index is 0.0848. The summed E-state index contributed by atoms with van der Waals surface area (Å²) in [6, 6.07) is 16.4. The van der Waals surface area contributed by atoms with Crippen molar-refractivity contribution in [2.75, 3.05) is 26.3 Å². The lowest BCUT2D eigenvalue weighted by Gasteiger charge is -2.39. The molecule has 10 nitrogen and oxygen atoms in total. The summed E-state index contributed by atoms with van der Waals surface area (Å²) in [6.07, 6.45) is 6.34. The summed E-state index contributed by atoms with van der Waals surface area (Å²) >= 11 is 0. The number of aliphatic hydroxyl groups excluding tert-OH is 1. The van der Waals surface area contributed by atoms with Crippen molar-refractivity contribution in [2.24, 2.45) is 11.8 Å². The van der Waals surface area contributed by atoms with Crippen LogP contribution in [0.15, 0.2) is 86.0 Å². The first-order valence-electron chi connectivity index (χ1n) is 17.5. The Kier molecular flexibility index (Phi) is 12.1. The molecule has 3 saturated heterocycles. The SMILES string of the molecule is C=CCCC(=O)OC[C@@H](NC(=O)[C@@H]1[C@@H]2CC[C@]3(O2)[C@H](C(=O)N(CC=C)CCCC)N([C@@H](CO)Cc2ccccc2)C(=O)[C@@H]13)c1ccccc1. The normalized spacial score (nSPS) is 24.9. The van der Waals surface area contributed by atoms with Gasteiger partial charge < -0.3 is 29.7 Å². The average Bonchev–Trinajstić information content (AvgIpc) is 3.77. The molecule has 10 heteroatoms. The smallest absolute Gasteiger partial charge is 0.306 e. The van der Waals surface area contributed by atoms with Crippen LogP contribution < -0.4 is 5.32 Å². The zero-order valence-electron chi connectivity index (χ0n) is 28.4. The van der Waals surface area contributed by atoms with Gasteiger partial charge in [-0.1, -0.05) is 86.2 Å². The van der Waals surface area contributed by atoms with E-state index in [1.807, 2.05) is 67.6 Å². The summed E-state index contributed by atoms with van der Waals surface area (Å²) in [5.41, 5.74) is 0.436. The van der Waals surface area contributed by atoms with Crippen molar-refractivity contribution >= 4 is 23.7 Å². The van der Waals surface area contributed by atoms with Gasteiger partial charge in [-0.05, 0) is 43.2 Å². The largest absolute Gasteiger partial charge is 0.463 e. The molecule has 5 rings (SSSR count). The van der Waals surface area contributed by atoms with Crippen LogP contribution in [0.1, 0.15) is 62.6 Å². The van der Waals surface area contributed by atoms with E-state index < -0.39 is 53.5 Å². The van der Waals surface area contributed by atoms with E-state index in [0.29, 0.717) is 38.8 Å². The number of hydrogen-bond acceptors (Lipinski definition) is 7. The quantitative estimate of drug-likeness (QED) is 0.180. The summed E-state index contributed by atoms with van der Waals surface area (Å²) in [7, 11) is 0. The Balaban J connectivity index is 1.48. The number of ether oxygens (including phenoxy) is 2. The molecule has 0 radical (unpaired) electrons. The molecule has 0 aliphatic carbocycles. The third-order valence-corrected chi connectivity index (χ3v) is 10.1. The molecule has 3 heterocycles. The van der Waals surface area contributed by atoms with Crippen LogP contribution in [-0.2, 0) is 35.1 Å². The van der Waals surface area contributed by atoms with Crippen LogP contribution in [0.2, 0.25) is 0 Å². The molecule has 0 saturated carbocycles. The Morgan fingerprint density at radius 3 is 2.49 bits per heavy atom. The summed E-state index contributed by atoms with van der Waals surface area (Å²) < 4.78 is 12.2. The highest BCUT2D eigenvalue weighted by atomic mass is 16.5. The van der Waals surface area contributed by atoms with Gasteiger partial charge in [0.1, 0.15) is 18.2 Å². The highest BCUT2D eigenvalue weighted by molar-refractivity contribution is 5.99. The van der Waals surface area contributed by atoms with Gasteiger partial charge in [0.2, 0.25) is 17.7 Å². The van der Waals surface area contributed by atoms with E-state index >= 15 is 0 Å². The molecule has 2 aromatic carbocycles. The van der Waals surface area contributed by atoms with Crippen molar-refractivity contribution in [1.82, 2.24) is 15.1 Å². The number of nitrogens with one attached hydrogen (secondary N) is 1. The number of esters is 1. The molecular weight excluding hydrogens is 622 g/mol. The van der Waals surface area contributed by atoms with Crippen molar-refractivity contribution in [3.8, 4) is 0 Å². The minimum atomic E-state index is -1.23. The zero-order valence-corrected chi connectivity index (χ0v) is 28.4. The van der Waals surface area contributed by atoms with Crippen molar-refractivity contribution in [3.63, 3.8) is 0 Å².